The van der Waals surface area contributed by atoms with Crippen molar-refractivity contribution < 1.29 is 14.3 Å². The second kappa shape index (κ2) is 8.03. The molecule has 180 valence electrons. The molecule has 2 amide bonds. The highest BCUT2D eigenvalue weighted by Crippen LogP contribution is 2.59. The van der Waals surface area contributed by atoms with E-state index < -0.39 is 5.54 Å². The Hall–Kier alpha value is -2.57. The van der Waals surface area contributed by atoms with Gasteiger partial charge in [0.2, 0.25) is 11.8 Å². The molecule has 2 aliphatic heterocycles. The summed E-state index contributed by atoms with van der Waals surface area (Å²) in [6, 6.07) is 7.79. The standard InChI is InChI=1S/C26H38N4O3/c1-7-26(8-2)14-20(31)30(23(27)29-26)15-17-21(25(17,5)6)22(32)28-18-13-24(3,4)33-19-12-10-9-11-16(18)19/h9-12,17-18,21H,7-8,13-15H2,1-6H3,(H2,27,29)(H,28,32)/t17-,18-,21+/m0/s1. The molecule has 3 atom stereocenters. The molecule has 0 aromatic heterocycles. The summed E-state index contributed by atoms with van der Waals surface area (Å²) in [7, 11) is 0. The van der Waals surface area contributed by atoms with Crippen molar-refractivity contribution in [1.82, 2.24) is 10.2 Å². The number of amides is 2. The maximum atomic E-state index is 13.4. The molecule has 33 heavy (non-hydrogen) atoms. The van der Waals surface area contributed by atoms with Crippen molar-refractivity contribution in [2.24, 2.45) is 28.0 Å². The lowest BCUT2D eigenvalue weighted by Gasteiger charge is -2.38. The second-order valence-corrected chi connectivity index (χ2v) is 11.2. The summed E-state index contributed by atoms with van der Waals surface area (Å²) < 4.78 is 6.11. The molecule has 0 bridgehead atoms. The molecular formula is C26H38N4O3. The number of carbonyl (C=O) groups excluding carboxylic acids is 2. The van der Waals surface area contributed by atoms with Crippen LogP contribution >= 0.6 is 0 Å². The average molecular weight is 455 g/mol. The number of hydrogen-bond donors (Lipinski definition) is 2. The highest BCUT2D eigenvalue weighted by atomic mass is 16.5. The Bertz CT molecular complexity index is 980. The number of nitrogens with zero attached hydrogens (tertiary/aromatic N) is 2. The van der Waals surface area contributed by atoms with Crippen LogP contribution in [0.5, 0.6) is 5.75 Å². The minimum Gasteiger partial charge on any atom is -0.487 e. The van der Waals surface area contributed by atoms with Crippen LogP contribution in [0.15, 0.2) is 29.3 Å². The molecule has 1 saturated carbocycles. The lowest BCUT2D eigenvalue weighted by molar-refractivity contribution is -0.130. The summed E-state index contributed by atoms with van der Waals surface area (Å²) in [5.41, 5.74) is 6.30. The second-order valence-electron chi connectivity index (χ2n) is 11.2. The summed E-state index contributed by atoms with van der Waals surface area (Å²) >= 11 is 0. The maximum absolute atomic E-state index is 13.4. The number of nitrogens with one attached hydrogen (secondary N) is 1. The van der Waals surface area contributed by atoms with E-state index >= 15 is 0 Å². The fraction of sp³-hybridized carbons (Fsp3) is 0.654. The van der Waals surface area contributed by atoms with E-state index in [9.17, 15) is 9.59 Å². The summed E-state index contributed by atoms with van der Waals surface area (Å²) in [6.45, 7) is 12.8. The van der Waals surface area contributed by atoms with Crippen LogP contribution in [0.1, 0.15) is 78.8 Å². The molecule has 4 rings (SSSR count). The van der Waals surface area contributed by atoms with Gasteiger partial charge in [-0.1, -0.05) is 45.9 Å². The molecule has 7 nitrogen and oxygen atoms in total. The molecule has 1 aromatic rings. The van der Waals surface area contributed by atoms with Gasteiger partial charge in [-0.25, -0.2) is 4.99 Å². The van der Waals surface area contributed by atoms with Gasteiger partial charge in [0, 0.05) is 24.4 Å². The quantitative estimate of drug-likeness (QED) is 0.683. The van der Waals surface area contributed by atoms with E-state index in [1.54, 1.807) is 4.90 Å². The number of carbonyl (C=O) groups is 2. The van der Waals surface area contributed by atoms with Crippen LogP contribution in [0.3, 0.4) is 0 Å². The Morgan fingerprint density at radius 1 is 1.21 bits per heavy atom. The van der Waals surface area contributed by atoms with Gasteiger partial charge in [0.05, 0.1) is 18.0 Å². The Morgan fingerprint density at radius 3 is 2.52 bits per heavy atom. The largest absolute Gasteiger partial charge is 0.487 e. The SMILES string of the molecule is CCC1(CC)CC(=O)N(C[C@H]2[C@H](C(=O)N[C@H]3CC(C)(C)Oc4ccccc43)C2(C)C)C(N)=N1. The maximum Gasteiger partial charge on any atom is 0.231 e. The van der Waals surface area contributed by atoms with Gasteiger partial charge in [0.15, 0.2) is 5.96 Å². The van der Waals surface area contributed by atoms with Crippen LogP contribution < -0.4 is 15.8 Å². The Labute approximate surface area is 197 Å². The molecule has 0 saturated heterocycles. The van der Waals surface area contributed by atoms with Crippen molar-refractivity contribution in [2.75, 3.05) is 6.54 Å². The van der Waals surface area contributed by atoms with Crippen LogP contribution in [-0.2, 0) is 9.59 Å². The van der Waals surface area contributed by atoms with E-state index in [-0.39, 0.29) is 46.7 Å². The van der Waals surface area contributed by atoms with Gasteiger partial charge in [0.25, 0.3) is 0 Å². The third kappa shape index (κ3) is 4.22. The molecule has 1 aromatic carbocycles. The predicted molar refractivity (Wildman–Crippen MR) is 129 cm³/mol. The van der Waals surface area contributed by atoms with Crippen LogP contribution in [-0.4, -0.2) is 40.4 Å². The topological polar surface area (TPSA) is 97.0 Å². The monoisotopic (exact) mass is 454 g/mol. The minimum absolute atomic E-state index is 0.00756. The molecule has 7 heteroatoms. The van der Waals surface area contributed by atoms with E-state index in [2.05, 4.69) is 19.2 Å². The molecule has 0 spiro atoms. The van der Waals surface area contributed by atoms with Gasteiger partial charge in [-0.3, -0.25) is 14.5 Å². The van der Waals surface area contributed by atoms with Crippen LogP contribution in [0.25, 0.3) is 0 Å². The smallest absolute Gasteiger partial charge is 0.231 e. The zero-order valence-electron chi connectivity index (χ0n) is 20.8. The number of para-hydroxylation sites is 1. The Kier molecular flexibility index (Phi) is 5.74. The third-order valence-corrected chi connectivity index (χ3v) is 8.13. The number of ether oxygens (including phenoxy) is 1. The Morgan fingerprint density at radius 2 is 1.88 bits per heavy atom. The lowest BCUT2D eigenvalue weighted by Crippen LogP contribution is -2.52. The van der Waals surface area contributed by atoms with E-state index in [1.165, 1.54) is 0 Å². The first kappa shape index (κ1) is 23.6. The normalized spacial score (nSPS) is 28.9. The molecule has 3 N–H and O–H groups in total. The van der Waals surface area contributed by atoms with Gasteiger partial charge < -0.3 is 15.8 Å². The van der Waals surface area contributed by atoms with Crippen molar-refractivity contribution in [3.63, 3.8) is 0 Å². The van der Waals surface area contributed by atoms with E-state index in [0.29, 0.717) is 19.4 Å². The van der Waals surface area contributed by atoms with Gasteiger partial charge in [-0.2, -0.15) is 0 Å². The lowest BCUT2D eigenvalue weighted by atomic mass is 9.88. The van der Waals surface area contributed by atoms with Crippen LogP contribution in [0.4, 0.5) is 0 Å². The number of nitrogens with two attached hydrogens (primary N) is 1. The van der Waals surface area contributed by atoms with E-state index in [0.717, 1.165) is 24.2 Å². The molecule has 0 unspecified atom stereocenters. The van der Waals surface area contributed by atoms with Gasteiger partial charge in [0.1, 0.15) is 11.4 Å². The van der Waals surface area contributed by atoms with Crippen LogP contribution in [0, 0.1) is 17.3 Å². The average Bonchev–Trinajstić information content (AvgIpc) is 3.29. The predicted octanol–water partition coefficient (Wildman–Crippen LogP) is 3.78. The third-order valence-electron chi connectivity index (χ3n) is 8.13. The summed E-state index contributed by atoms with van der Waals surface area (Å²) in [5.74, 6) is 1.00. The number of rotatable bonds is 6. The van der Waals surface area contributed by atoms with Gasteiger partial charge >= 0.3 is 0 Å². The number of guanidine groups is 1. The van der Waals surface area contributed by atoms with Gasteiger partial charge in [-0.05, 0) is 44.1 Å². The Balaban J connectivity index is 1.48. The number of fused-ring (bicyclic) bond motifs is 1. The first-order valence-corrected chi connectivity index (χ1v) is 12.2. The minimum atomic E-state index is -0.392. The first-order valence-electron chi connectivity index (χ1n) is 12.2. The van der Waals surface area contributed by atoms with Gasteiger partial charge in [-0.15, -0.1) is 0 Å². The highest BCUT2D eigenvalue weighted by molar-refractivity contribution is 5.99. The first-order chi connectivity index (χ1) is 15.4. The van der Waals surface area contributed by atoms with Crippen molar-refractivity contribution in [2.45, 2.75) is 84.4 Å². The molecule has 3 aliphatic rings. The van der Waals surface area contributed by atoms with Crippen LogP contribution in [0.2, 0.25) is 0 Å². The van der Waals surface area contributed by atoms with Crippen molar-refractivity contribution in [3.05, 3.63) is 29.8 Å². The fourth-order valence-corrected chi connectivity index (χ4v) is 5.70. The number of aliphatic imine (C=N–C) groups is 1. The zero-order chi connectivity index (χ0) is 24.2. The van der Waals surface area contributed by atoms with E-state index in [1.807, 2.05) is 52.0 Å². The van der Waals surface area contributed by atoms with Crippen molar-refractivity contribution in [1.29, 1.82) is 0 Å². The van der Waals surface area contributed by atoms with E-state index in [4.69, 9.17) is 15.5 Å². The molecule has 1 fully saturated rings. The highest BCUT2D eigenvalue weighted by Gasteiger charge is 2.62. The molecular weight excluding hydrogens is 416 g/mol. The summed E-state index contributed by atoms with van der Waals surface area (Å²) in [5, 5.41) is 3.29. The molecule has 2 heterocycles. The summed E-state index contributed by atoms with van der Waals surface area (Å²) in [4.78, 5) is 32.7. The molecule has 1 aliphatic carbocycles. The zero-order valence-corrected chi connectivity index (χ0v) is 20.8. The molecule has 0 radical (unpaired) electrons. The fourth-order valence-electron chi connectivity index (χ4n) is 5.70. The number of benzene rings is 1. The number of hydrogen-bond acceptors (Lipinski definition) is 5. The van der Waals surface area contributed by atoms with Crippen molar-refractivity contribution >= 4 is 17.8 Å². The summed E-state index contributed by atoms with van der Waals surface area (Å²) in [6.07, 6.45) is 2.64. The van der Waals surface area contributed by atoms with Crippen molar-refractivity contribution in [3.8, 4) is 5.75 Å².